The minimum atomic E-state index is -4.61. The van der Waals surface area contributed by atoms with Crippen molar-refractivity contribution in [1.29, 1.82) is 0 Å². The Bertz CT molecular complexity index is 1080. The Balaban J connectivity index is 1.99. The standard InChI is InChI=1S/C21H20F5N3O4/c1-20(9-21(24,25)26)8-12(11-3-4-13(22)15(23)16(11)32-2)17(33-20)19(31)29-10-5-6-28-14(7-10)18(27)30/h3-7,12,17H,8-9H2,1-2H3,(H2,27,30)(H,28,29,31)/t12-,17+,20+/m1/s1. The van der Waals surface area contributed by atoms with Crippen molar-refractivity contribution in [1.82, 2.24) is 4.98 Å². The number of anilines is 1. The Morgan fingerprint density at radius 1 is 1.30 bits per heavy atom. The fraction of sp³-hybridized carbons (Fsp3) is 0.381. The van der Waals surface area contributed by atoms with Gasteiger partial charge in [-0.25, -0.2) is 4.39 Å². The lowest BCUT2D eigenvalue weighted by atomic mass is 9.84. The van der Waals surface area contributed by atoms with Crippen LogP contribution in [0, 0.1) is 11.6 Å². The normalized spacial score (nSPS) is 22.8. The molecule has 33 heavy (non-hydrogen) atoms. The molecule has 3 rings (SSSR count). The van der Waals surface area contributed by atoms with Crippen LogP contribution in [0.3, 0.4) is 0 Å². The molecule has 1 aromatic carbocycles. The summed E-state index contributed by atoms with van der Waals surface area (Å²) in [5.74, 6) is -5.90. The van der Waals surface area contributed by atoms with Gasteiger partial charge in [-0.2, -0.15) is 17.6 Å². The Morgan fingerprint density at radius 2 is 2.00 bits per heavy atom. The number of carbonyl (C=O) groups excluding carboxylic acids is 2. The topological polar surface area (TPSA) is 104 Å². The number of ether oxygens (including phenoxy) is 2. The van der Waals surface area contributed by atoms with Crippen molar-refractivity contribution in [3.8, 4) is 5.75 Å². The molecule has 12 heteroatoms. The second-order valence-corrected chi connectivity index (χ2v) is 7.86. The van der Waals surface area contributed by atoms with E-state index in [9.17, 15) is 31.5 Å². The summed E-state index contributed by atoms with van der Waals surface area (Å²) in [4.78, 5) is 28.1. The van der Waals surface area contributed by atoms with Gasteiger partial charge in [0.15, 0.2) is 11.6 Å². The van der Waals surface area contributed by atoms with Crippen molar-refractivity contribution in [3.63, 3.8) is 0 Å². The molecule has 3 atom stereocenters. The van der Waals surface area contributed by atoms with E-state index in [0.717, 1.165) is 19.2 Å². The van der Waals surface area contributed by atoms with Crippen LogP contribution in [-0.2, 0) is 9.53 Å². The number of nitrogens with two attached hydrogens (primary N) is 1. The highest BCUT2D eigenvalue weighted by atomic mass is 19.4. The van der Waals surface area contributed by atoms with E-state index < -0.39 is 59.4 Å². The molecule has 2 amide bonds. The summed E-state index contributed by atoms with van der Waals surface area (Å²) in [6.07, 6.45) is -6.61. The Labute approximate surface area is 185 Å². The summed E-state index contributed by atoms with van der Waals surface area (Å²) >= 11 is 0. The number of methoxy groups -OCH3 is 1. The molecule has 178 valence electrons. The van der Waals surface area contributed by atoms with Crippen LogP contribution in [0.2, 0.25) is 0 Å². The maximum atomic E-state index is 14.3. The number of alkyl halides is 3. The van der Waals surface area contributed by atoms with Gasteiger partial charge in [-0.15, -0.1) is 0 Å². The fourth-order valence-corrected chi connectivity index (χ4v) is 3.96. The third kappa shape index (κ3) is 5.38. The second kappa shape index (κ2) is 8.93. The van der Waals surface area contributed by atoms with Gasteiger partial charge in [0, 0.05) is 23.4 Å². The van der Waals surface area contributed by atoms with Gasteiger partial charge in [-0.1, -0.05) is 6.07 Å². The van der Waals surface area contributed by atoms with Crippen LogP contribution in [0.15, 0.2) is 30.5 Å². The quantitative estimate of drug-likeness (QED) is 0.623. The van der Waals surface area contributed by atoms with Crippen molar-refractivity contribution in [2.45, 2.75) is 43.6 Å². The first-order valence-corrected chi connectivity index (χ1v) is 9.67. The SMILES string of the molecule is COc1c([C@H]2C[C@@](C)(CC(F)(F)F)O[C@@H]2C(=O)Nc2ccnc(C(N)=O)c2)ccc(F)c1F. The first-order valence-electron chi connectivity index (χ1n) is 9.67. The molecular weight excluding hydrogens is 453 g/mol. The number of halogens is 5. The highest BCUT2D eigenvalue weighted by molar-refractivity contribution is 5.97. The number of hydrogen-bond donors (Lipinski definition) is 2. The fourth-order valence-electron chi connectivity index (χ4n) is 3.96. The molecule has 1 aliphatic heterocycles. The number of pyridine rings is 1. The van der Waals surface area contributed by atoms with Gasteiger partial charge in [0.05, 0.1) is 19.1 Å². The maximum absolute atomic E-state index is 14.3. The number of benzene rings is 1. The van der Waals surface area contributed by atoms with Crippen LogP contribution in [-0.4, -0.2) is 41.8 Å². The molecule has 3 N–H and O–H groups in total. The van der Waals surface area contributed by atoms with Gasteiger partial charge in [0.2, 0.25) is 5.82 Å². The maximum Gasteiger partial charge on any atom is 0.391 e. The summed E-state index contributed by atoms with van der Waals surface area (Å²) < 4.78 is 78.0. The minimum absolute atomic E-state index is 0.0185. The van der Waals surface area contributed by atoms with Crippen LogP contribution >= 0.6 is 0 Å². The van der Waals surface area contributed by atoms with E-state index in [1.165, 1.54) is 25.3 Å². The predicted octanol–water partition coefficient (Wildman–Crippen LogP) is 3.69. The number of hydrogen-bond acceptors (Lipinski definition) is 5. The Hall–Kier alpha value is -3.28. The van der Waals surface area contributed by atoms with E-state index in [4.69, 9.17) is 15.2 Å². The van der Waals surface area contributed by atoms with Crippen molar-refractivity contribution in [3.05, 3.63) is 53.4 Å². The summed E-state index contributed by atoms with van der Waals surface area (Å²) in [6, 6.07) is 4.45. The Kier molecular flexibility index (Phi) is 6.59. The summed E-state index contributed by atoms with van der Waals surface area (Å²) in [5, 5.41) is 2.44. The molecule has 7 nitrogen and oxygen atoms in total. The highest BCUT2D eigenvalue weighted by Gasteiger charge is 2.52. The zero-order valence-electron chi connectivity index (χ0n) is 17.5. The van der Waals surface area contributed by atoms with E-state index in [1.807, 2.05) is 0 Å². The zero-order chi connectivity index (χ0) is 24.6. The molecular formula is C21H20F5N3O4. The molecule has 0 radical (unpaired) electrons. The van der Waals surface area contributed by atoms with Crippen LogP contribution in [0.5, 0.6) is 5.75 Å². The molecule has 0 spiro atoms. The van der Waals surface area contributed by atoms with Gasteiger partial charge in [-0.3, -0.25) is 14.6 Å². The first-order chi connectivity index (χ1) is 15.3. The van der Waals surface area contributed by atoms with E-state index in [0.29, 0.717) is 0 Å². The average molecular weight is 473 g/mol. The number of rotatable bonds is 6. The number of nitrogens with zero attached hydrogens (tertiary/aromatic N) is 1. The molecule has 0 bridgehead atoms. The Morgan fingerprint density at radius 3 is 2.61 bits per heavy atom. The van der Waals surface area contributed by atoms with Crippen LogP contribution in [0.1, 0.15) is 41.7 Å². The second-order valence-electron chi connectivity index (χ2n) is 7.86. The smallest absolute Gasteiger partial charge is 0.391 e. The highest BCUT2D eigenvalue weighted by Crippen LogP contribution is 2.49. The molecule has 0 aliphatic carbocycles. The largest absolute Gasteiger partial charge is 0.493 e. The molecule has 0 saturated carbocycles. The van der Waals surface area contributed by atoms with E-state index in [2.05, 4.69) is 10.3 Å². The van der Waals surface area contributed by atoms with Crippen LogP contribution < -0.4 is 15.8 Å². The van der Waals surface area contributed by atoms with Gasteiger partial charge in [0.25, 0.3) is 11.8 Å². The van der Waals surface area contributed by atoms with Gasteiger partial charge in [0.1, 0.15) is 11.8 Å². The van der Waals surface area contributed by atoms with Crippen molar-refractivity contribution in [2.75, 3.05) is 12.4 Å². The average Bonchev–Trinajstić information content (AvgIpc) is 3.05. The van der Waals surface area contributed by atoms with Crippen LogP contribution in [0.25, 0.3) is 0 Å². The lowest BCUT2D eigenvalue weighted by Crippen LogP contribution is -2.36. The number of amides is 2. The molecule has 1 aromatic heterocycles. The van der Waals surface area contributed by atoms with Gasteiger partial charge >= 0.3 is 6.18 Å². The lowest BCUT2D eigenvalue weighted by molar-refractivity contribution is -0.182. The number of nitrogens with one attached hydrogen (secondary N) is 1. The molecule has 2 aromatic rings. The van der Waals surface area contributed by atoms with E-state index >= 15 is 0 Å². The van der Waals surface area contributed by atoms with Crippen molar-refractivity contribution >= 4 is 17.5 Å². The van der Waals surface area contributed by atoms with Crippen molar-refractivity contribution in [2.24, 2.45) is 5.73 Å². The number of aromatic nitrogens is 1. The van der Waals surface area contributed by atoms with Crippen molar-refractivity contribution < 1.29 is 41.0 Å². The lowest BCUT2D eigenvalue weighted by Gasteiger charge is -2.25. The number of primary amides is 1. The monoisotopic (exact) mass is 473 g/mol. The molecule has 0 unspecified atom stereocenters. The van der Waals surface area contributed by atoms with Crippen LogP contribution in [0.4, 0.5) is 27.6 Å². The molecule has 1 fully saturated rings. The summed E-state index contributed by atoms with van der Waals surface area (Å²) in [5.41, 5.74) is 3.26. The summed E-state index contributed by atoms with van der Waals surface area (Å²) in [6.45, 7) is 1.19. The third-order valence-electron chi connectivity index (χ3n) is 5.23. The van der Waals surface area contributed by atoms with E-state index in [-0.39, 0.29) is 23.4 Å². The predicted molar refractivity (Wildman–Crippen MR) is 106 cm³/mol. The zero-order valence-corrected chi connectivity index (χ0v) is 17.5. The molecule has 2 heterocycles. The van der Waals surface area contributed by atoms with E-state index in [1.54, 1.807) is 0 Å². The first kappa shape index (κ1) is 24.4. The molecule has 1 saturated heterocycles. The van der Waals surface area contributed by atoms with Gasteiger partial charge in [-0.05, 0) is 31.5 Å². The number of carbonyl (C=O) groups is 2. The van der Waals surface area contributed by atoms with Gasteiger partial charge < -0.3 is 20.5 Å². The minimum Gasteiger partial charge on any atom is -0.493 e. The summed E-state index contributed by atoms with van der Waals surface area (Å²) in [7, 11) is 1.07. The third-order valence-corrected chi connectivity index (χ3v) is 5.23. The molecule has 1 aliphatic rings.